The number of nitrogens with one attached hydrogen (secondary N) is 2. The molecule has 1 aliphatic heterocycles. The summed E-state index contributed by atoms with van der Waals surface area (Å²) in [5, 5.41) is 35.5. The molecule has 25 nitrogen and oxygen atoms in total. The average molecular weight is 868 g/mol. The predicted molar refractivity (Wildman–Crippen MR) is 188 cm³/mol. The molecule has 0 aromatic carbocycles. The zero-order valence-corrected chi connectivity index (χ0v) is 33.0. The van der Waals surface area contributed by atoms with Gasteiger partial charge in [0, 0.05) is 30.7 Å². The van der Waals surface area contributed by atoms with Gasteiger partial charge >= 0.3 is 23.5 Å². The van der Waals surface area contributed by atoms with Crippen molar-refractivity contribution in [2.24, 2.45) is 5.41 Å². The molecule has 3 rings (SSSR count). The molecule has 2 aromatic rings. The number of fused-ring (bicyclic) bond motifs is 1. The van der Waals surface area contributed by atoms with Gasteiger partial charge in [0.25, 0.3) is 0 Å². The third-order valence-electron chi connectivity index (χ3n) is 7.58. The molecule has 8 unspecified atom stereocenters. The van der Waals surface area contributed by atoms with E-state index in [1.54, 1.807) is 0 Å². The first kappa shape index (κ1) is 46.9. The Bertz CT molecular complexity index is 1800. The number of imidazole rings is 1. The smallest absolute Gasteiger partial charge is 0.386 e. The lowest BCUT2D eigenvalue weighted by molar-refractivity contribution is -0.137. The fraction of sp³-hybridized carbons (Fsp3) is 0.692. The Labute approximate surface area is 317 Å². The van der Waals surface area contributed by atoms with Crippen LogP contribution in [0.3, 0.4) is 0 Å². The van der Waals surface area contributed by atoms with E-state index < -0.39 is 95.8 Å². The number of hydrogen-bond acceptors (Lipinski definition) is 19. The van der Waals surface area contributed by atoms with Gasteiger partial charge in [-0.3, -0.25) is 32.5 Å². The van der Waals surface area contributed by atoms with Gasteiger partial charge in [-0.2, -0.15) is 4.31 Å². The van der Waals surface area contributed by atoms with Crippen LogP contribution in [0.1, 0.15) is 46.3 Å². The summed E-state index contributed by atoms with van der Waals surface area (Å²) in [6, 6.07) is 0. The highest BCUT2D eigenvalue weighted by atomic mass is 32.2. The Morgan fingerprint density at radius 2 is 1.73 bits per heavy atom. The topological polar surface area (TPSA) is 384 Å². The summed E-state index contributed by atoms with van der Waals surface area (Å²) in [5.74, 6) is -1.31. The number of phosphoric acid groups is 3. The van der Waals surface area contributed by atoms with Crippen LogP contribution in [-0.4, -0.2) is 134 Å². The van der Waals surface area contributed by atoms with E-state index in [0.717, 1.165) is 29.0 Å². The zero-order chi connectivity index (χ0) is 41.4. The van der Waals surface area contributed by atoms with Gasteiger partial charge < -0.3 is 56.0 Å². The molecule has 1 fully saturated rings. The van der Waals surface area contributed by atoms with Gasteiger partial charge in [-0.15, -0.1) is 0 Å². The Morgan fingerprint density at radius 3 is 2.38 bits per heavy atom. The van der Waals surface area contributed by atoms with E-state index in [1.807, 2.05) is 6.92 Å². The molecule has 3 heterocycles. The van der Waals surface area contributed by atoms with Crippen molar-refractivity contribution in [1.82, 2.24) is 30.2 Å². The second-order valence-electron chi connectivity index (χ2n) is 12.5. The Kier molecular flexibility index (Phi) is 16.9. The molecule has 0 saturated carbocycles. The van der Waals surface area contributed by atoms with Crippen LogP contribution in [0.4, 0.5) is 5.82 Å². The first-order chi connectivity index (χ1) is 25.5. The lowest BCUT2D eigenvalue weighted by Crippen LogP contribution is -2.46. The molecule has 2 aromatic heterocycles. The van der Waals surface area contributed by atoms with Gasteiger partial charge in [0.05, 0.1) is 19.5 Å². The highest BCUT2D eigenvalue weighted by molar-refractivity contribution is 8.13. The number of carbonyl (C=O) groups excluding carboxylic acids is 3. The number of carbonyl (C=O) groups is 3. The minimum atomic E-state index is -5.58. The Balaban J connectivity index is 1.50. The first-order valence-corrected chi connectivity index (χ1v) is 21.7. The number of hydrogen-bond donors (Lipinski definition) is 10. The number of phosphoric ester groups is 3. The standard InChI is InChI=1S/C26H44N7O18P3S/c1-4-5-14(34)25(39)55-9-8-28-16(35)6-7-29-23(38)20(37)26(2,3)11-48-54(45,46)51-53(43,44)47-10-15-19(50-52(40,41)42)18(36)24(49-15)33-13-32-17-21(27)30-12-31-22(17)33/h12-15,18-20,24,34,36-37H,4-11H2,1-3H3,(H,28,35)(H,29,38)(H,43,44)(H,45,46)(H2,27,30,31)(H2,40,41,42). The fourth-order valence-electron chi connectivity index (χ4n) is 4.77. The van der Waals surface area contributed by atoms with Gasteiger partial charge in [-0.25, -0.2) is 28.6 Å². The number of amides is 2. The van der Waals surface area contributed by atoms with E-state index in [9.17, 15) is 63.0 Å². The van der Waals surface area contributed by atoms with Crippen molar-refractivity contribution < 1.29 is 85.6 Å². The SMILES string of the molecule is CCCC(O)C(=O)SCCNC(=O)CCNC(=O)C(O)C(C)(C)COP(=O)(O)OP(=O)(O)OCC1OC(n2cnc3c(N)ncnc32)C(O)C1OP(=O)(O)O. The average Bonchev–Trinajstić information content (AvgIpc) is 3.64. The molecule has 2 amide bonds. The number of aliphatic hydroxyl groups is 3. The third kappa shape index (κ3) is 14.1. The third-order valence-corrected chi connectivity index (χ3v) is 11.6. The number of ether oxygens (including phenoxy) is 1. The fourth-order valence-corrected chi connectivity index (χ4v) is 8.31. The number of rotatable bonds is 22. The molecule has 11 N–H and O–H groups in total. The van der Waals surface area contributed by atoms with Crippen LogP contribution < -0.4 is 16.4 Å². The van der Waals surface area contributed by atoms with E-state index in [0.29, 0.717) is 12.8 Å². The molecule has 1 aliphatic rings. The summed E-state index contributed by atoms with van der Waals surface area (Å²) in [4.78, 5) is 87.2. The number of aliphatic hydroxyl groups excluding tert-OH is 3. The van der Waals surface area contributed by atoms with Crippen molar-refractivity contribution in [2.75, 3.05) is 37.8 Å². The van der Waals surface area contributed by atoms with Crippen LogP contribution in [0.2, 0.25) is 0 Å². The van der Waals surface area contributed by atoms with Crippen molar-refractivity contribution in [3.63, 3.8) is 0 Å². The quantitative estimate of drug-likeness (QED) is 0.0492. The highest BCUT2D eigenvalue weighted by Gasteiger charge is 2.50. The summed E-state index contributed by atoms with van der Waals surface area (Å²) >= 11 is 0.868. The maximum atomic E-state index is 12.7. The molecule has 0 radical (unpaired) electrons. The molecule has 312 valence electrons. The summed E-state index contributed by atoms with van der Waals surface area (Å²) in [6.45, 7) is 2.14. The van der Waals surface area contributed by atoms with Crippen LogP contribution in [-0.2, 0) is 50.7 Å². The zero-order valence-electron chi connectivity index (χ0n) is 29.5. The normalized spacial score (nSPS) is 22.4. The molecule has 0 bridgehead atoms. The number of aromatic nitrogens is 4. The van der Waals surface area contributed by atoms with Crippen LogP contribution in [0, 0.1) is 5.41 Å². The maximum absolute atomic E-state index is 12.7. The number of nitrogens with zero attached hydrogens (tertiary/aromatic N) is 4. The molecule has 0 aliphatic carbocycles. The van der Waals surface area contributed by atoms with Crippen LogP contribution in [0.5, 0.6) is 0 Å². The van der Waals surface area contributed by atoms with Gasteiger partial charge in [0.15, 0.2) is 17.7 Å². The van der Waals surface area contributed by atoms with Gasteiger partial charge in [0.1, 0.15) is 42.4 Å². The molecular formula is C26H44N7O18P3S. The first-order valence-electron chi connectivity index (χ1n) is 16.2. The predicted octanol–water partition coefficient (Wildman–Crippen LogP) is -1.17. The van der Waals surface area contributed by atoms with Crippen LogP contribution in [0.25, 0.3) is 11.2 Å². The summed E-state index contributed by atoms with van der Waals surface area (Å²) in [5.41, 5.74) is 4.23. The number of anilines is 1. The van der Waals surface area contributed by atoms with Crippen molar-refractivity contribution in [2.45, 2.75) is 76.8 Å². The number of nitrogens with two attached hydrogens (primary N) is 1. The number of nitrogen functional groups attached to an aromatic ring is 1. The van der Waals surface area contributed by atoms with E-state index in [-0.39, 0.29) is 42.2 Å². The largest absolute Gasteiger partial charge is 0.481 e. The summed E-state index contributed by atoms with van der Waals surface area (Å²) < 4.78 is 62.0. The minimum Gasteiger partial charge on any atom is -0.386 e. The van der Waals surface area contributed by atoms with E-state index in [1.165, 1.54) is 13.8 Å². The molecule has 29 heteroatoms. The van der Waals surface area contributed by atoms with Gasteiger partial charge in [-0.1, -0.05) is 39.0 Å². The Morgan fingerprint density at radius 1 is 1.05 bits per heavy atom. The summed E-state index contributed by atoms with van der Waals surface area (Å²) in [7, 11) is -16.4. The van der Waals surface area contributed by atoms with Crippen LogP contribution >= 0.6 is 35.2 Å². The van der Waals surface area contributed by atoms with Crippen molar-refractivity contribution in [1.29, 1.82) is 0 Å². The molecule has 55 heavy (non-hydrogen) atoms. The minimum absolute atomic E-state index is 0.0257. The van der Waals surface area contributed by atoms with Gasteiger partial charge in [0.2, 0.25) is 16.9 Å². The van der Waals surface area contributed by atoms with E-state index in [4.69, 9.17) is 19.5 Å². The van der Waals surface area contributed by atoms with Crippen molar-refractivity contribution >= 4 is 69.1 Å². The van der Waals surface area contributed by atoms with Crippen LogP contribution in [0.15, 0.2) is 12.7 Å². The van der Waals surface area contributed by atoms with E-state index >= 15 is 0 Å². The highest BCUT2D eigenvalue weighted by Crippen LogP contribution is 2.61. The number of thioether (sulfide) groups is 1. The molecule has 8 atom stereocenters. The maximum Gasteiger partial charge on any atom is 0.481 e. The van der Waals surface area contributed by atoms with Crippen molar-refractivity contribution in [3.8, 4) is 0 Å². The lowest BCUT2D eigenvalue weighted by atomic mass is 9.87. The Hall–Kier alpha value is -2.48. The lowest BCUT2D eigenvalue weighted by Gasteiger charge is -2.30. The second kappa shape index (κ2) is 19.8. The molecule has 1 saturated heterocycles. The van der Waals surface area contributed by atoms with Gasteiger partial charge in [-0.05, 0) is 6.42 Å². The second-order valence-corrected chi connectivity index (χ2v) is 17.9. The monoisotopic (exact) mass is 867 g/mol. The molecule has 0 spiro atoms. The van der Waals surface area contributed by atoms with E-state index in [2.05, 4.69) is 34.4 Å². The summed E-state index contributed by atoms with van der Waals surface area (Å²) in [6.07, 6.45) is -7.12. The van der Waals surface area contributed by atoms with Crippen molar-refractivity contribution in [3.05, 3.63) is 12.7 Å². The molecular weight excluding hydrogens is 823 g/mol.